The minimum atomic E-state index is -0.0624. The van der Waals surface area contributed by atoms with Gasteiger partial charge in [0.05, 0.1) is 5.92 Å². The third-order valence-electron chi connectivity index (χ3n) is 2.79. The monoisotopic (exact) mass is 220 g/mol. The maximum atomic E-state index is 11.9. The number of para-hydroxylation sites is 1. The Morgan fingerprint density at radius 3 is 3.19 bits per heavy atom. The van der Waals surface area contributed by atoms with E-state index in [0.29, 0.717) is 0 Å². The van der Waals surface area contributed by atoms with Gasteiger partial charge < -0.3 is 15.4 Å². The van der Waals surface area contributed by atoms with Crippen LogP contribution in [0.3, 0.4) is 0 Å². The molecule has 1 aliphatic heterocycles. The lowest BCUT2D eigenvalue weighted by molar-refractivity contribution is -0.124. The number of benzene rings is 1. The van der Waals surface area contributed by atoms with E-state index in [9.17, 15) is 4.79 Å². The third-order valence-corrected chi connectivity index (χ3v) is 2.79. The molecule has 1 atom stereocenters. The fraction of sp³-hybridized carbons (Fsp3) is 0.417. The number of ether oxygens (including phenoxy) is 1. The van der Waals surface area contributed by atoms with E-state index in [0.717, 1.165) is 24.2 Å². The Labute approximate surface area is 95.0 Å². The zero-order valence-corrected chi connectivity index (χ0v) is 9.32. The number of carbonyl (C=O) groups is 1. The third kappa shape index (κ3) is 2.17. The van der Waals surface area contributed by atoms with Gasteiger partial charge in [-0.25, -0.2) is 0 Å². The van der Waals surface area contributed by atoms with E-state index in [1.807, 2.05) is 24.3 Å². The van der Waals surface area contributed by atoms with Gasteiger partial charge in [-0.15, -0.1) is 0 Å². The van der Waals surface area contributed by atoms with Crippen molar-refractivity contribution < 1.29 is 9.53 Å². The number of methoxy groups -OCH3 is 1. The maximum absolute atomic E-state index is 11.9. The van der Waals surface area contributed by atoms with Crippen molar-refractivity contribution in [1.29, 1.82) is 0 Å². The summed E-state index contributed by atoms with van der Waals surface area (Å²) in [6.07, 6.45) is 0.826. The molecule has 1 aromatic carbocycles. The van der Waals surface area contributed by atoms with Crippen LogP contribution in [0.4, 0.5) is 5.69 Å². The van der Waals surface area contributed by atoms with Gasteiger partial charge in [-0.3, -0.25) is 4.79 Å². The van der Waals surface area contributed by atoms with Gasteiger partial charge in [-0.2, -0.15) is 0 Å². The van der Waals surface area contributed by atoms with E-state index in [2.05, 4.69) is 10.6 Å². The second kappa shape index (κ2) is 4.99. The van der Waals surface area contributed by atoms with E-state index in [4.69, 9.17) is 4.74 Å². The molecule has 16 heavy (non-hydrogen) atoms. The van der Waals surface area contributed by atoms with Crippen LogP contribution in [-0.2, 0) is 9.53 Å². The first-order valence-electron chi connectivity index (χ1n) is 5.42. The van der Waals surface area contributed by atoms with Crippen LogP contribution in [0.5, 0.6) is 0 Å². The van der Waals surface area contributed by atoms with E-state index in [-0.39, 0.29) is 18.6 Å². The van der Waals surface area contributed by atoms with E-state index >= 15 is 0 Å². The van der Waals surface area contributed by atoms with Crippen LogP contribution in [0.2, 0.25) is 0 Å². The molecular weight excluding hydrogens is 204 g/mol. The lowest BCUT2D eigenvalue weighted by atomic mass is 9.90. The largest absolute Gasteiger partial charge is 0.385 e. The minimum absolute atomic E-state index is 0.0378. The van der Waals surface area contributed by atoms with Crippen molar-refractivity contribution in [2.24, 2.45) is 0 Å². The molecular formula is C12H16N2O2. The number of nitrogens with one attached hydrogen (secondary N) is 2. The topological polar surface area (TPSA) is 50.4 Å². The second-order valence-electron chi connectivity index (χ2n) is 3.83. The Kier molecular flexibility index (Phi) is 3.41. The smallest absolute Gasteiger partial charge is 0.229 e. The quantitative estimate of drug-likeness (QED) is 0.755. The molecule has 0 fully saturated rings. The summed E-state index contributed by atoms with van der Waals surface area (Å²) >= 11 is 0. The first kappa shape index (κ1) is 11.0. The predicted octanol–water partition coefficient (Wildman–Crippen LogP) is 1.31. The highest BCUT2D eigenvalue weighted by atomic mass is 16.5. The van der Waals surface area contributed by atoms with Crippen LogP contribution in [0.25, 0.3) is 0 Å². The molecule has 0 radical (unpaired) electrons. The number of hydrogen-bond acceptors (Lipinski definition) is 3. The van der Waals surface area contributed by atoms with Gasteiger partial charge in [0, 0.05) is 19.3 Å². The van der Waals surface area contributed by atoms with Crippen LogP contribution in [0.1, 0.15) is 17.9 Å². The lowest BCUT2D eigenvalue weighted by Gasteiger charge is -2.25. The summed E-state index contributed by atoms with van der Waals surface area (Å²) in [6, 6.07) is 7.94. The van der Waals surface area contributed by atoms with E-state index < -0.39 is 0 Å². The molecule has 1 aromatic rings. The molecule has 1 amide bonds. The standard InChI is InChI=1S/C12H16N2O2/c1-16-8-14-12(15)10-6-7-13-11-5-3-2-4-9(10)11/h2-5,10,13H,6-8H2,1H3,(H,14,15). The SMILES string of the molecule is COCNC(=O)C1CCNc2ccccc21. The van der Waals surface area contributed by atoms with Crippen molar-refractivity contribution >= 4 is 11.6 Å². The highest BCUT2D eigenvalue weighted by Crippen LogP contribution is 2.31. The van der Waals surface area contributed by atoms with Crippen molar-refractivity contribution in [2.75, 3.05) is 25.7 Å². The number of fused-ring (bicyclic) bond motifs is 1. The predicted molar refractivity (Wildman–Crippen MR) is 62.3 cm³/mol. The van der Waals surface area contributed by atoms with Gasteiger partial charge in [-0.1, -0.05) is 18.2 Å². The molecule has 4 heteroatoms. The van der Waals surface area contributed by atoms with Crippen LogP contribution in [-0.4, -0.2) is 26.3 Å². The van der Waals surface area contributed by atoms with Crippen LogP contribution < -0.4 is 10.6 Å². The number of carbonyl (C=O) groups excluding carboxylic acids is 1. The Balaban J connectivity index is 2.15. The number of amides is 1. The molecule has 0 saturated carbocycles. The van der Waals surface area contributed by atoms with E-state index in [1.54, 1.807) is 7.11 Å². The summed E-state index contributed by atoms with van der Waals surface area (Å²) in [6.45, 7) is 1.10. The summed E-state index contributed by atoms with van der Waals surface area (Å²) in [4.78, 5) is 11.9. The van der Waals surface area contributed by atoms with Gasteiger partial charge in [0.25, 0.3) is 0 Å². The normalized spacial score (nSPS) is 18.4. The van der Waals surface area contributed by atoms with Crippen molar-refractivity contribution in [3.8, 4) is 0 Å². The Morgan fingerprint density at radius 1 is 1.56 bits per heavy atom. The molecule has 0 saturated heterocycles. The van der Waals surface area contributed by atoms with Crippen LogP contribution >= 0.6 is 0 Å². The Morgan fingerprint density at radius 2 is 2.38 bits per heavy atom. The zero-order chi connectivity index (χ0) is 11.4. The van der Waals surface area contributed by atoms with Crippen LogP contribution in [0.15, 0.2) is 24.3 Å². The van der Waals surface area contributed by atoms with Gasteiger partial charge in [0.2, 0.25) is 5.91 Å². The fourth-order valence-corrected chi connectivity index (χ4v) is 2.01. The Bertz CT molecular complexity index is 379. The van der Waals surface area contributed by atoms with E-state index in [1.165, 1.54) is 0 Å². The molecule has 86 valence electrons. The summed E-state index contributed by atoms with van der Waals surface area (Å²) in [5.74, 6) is -0.0246. The number of anilines is 1. The summed E-state index contributed by atoms with van der Waals surface area (Å²) < 4.78 is 4.84. The van der Waals surface area contributed by atoms with Gasteiger partial charge in [-0.05, 0) is 18.1 Å². The maximum Gasteiger partial charge on any atom is 0.229 e. The highest BCUT2D eigenvalue weighted by molar-refractivity contribution is 5.86. The van der Waals surface area contributed by atoms with Crippen molar-refractivity contribution in [2.45, 2.75) is 12.3 Å². The molecule has 4 nitrogen and oxygen atoms in total. The first-order chi connectivity index (χ1) is 7.83. The fourth-order valence-electron chi connectivity index (χ4n) is 2.01. The Hall–Kier alpha value is -1.55. The zero-order valence-electron chi connectivity index (χ0n) is 9.32. The minimum Gasteiger partial charge on any atom is -0.385 e. The molecule has 1 unspecified atom stereocenters. The molecule has 0 bridgehead atoms. The molecule has 0 spiro atoms. The van der Waals surface area contributed by atoms with Crippen molar-refractivity contribution in [1.82, 2.24) is 5.32 Å². The second-order valence-corrected chi connectivity index (χ2v) is 3.83. The number of rotatable bonds is 3. The average Bonchev–Trinajstić information content (AvgIpc) is 2.35. The van der Waals surface area contributed by atoms with Crippen molar-refractivity contribution in [3.63, 3.8) is 0 Å². The van der Waals surface area contributed by atoms with Gasteiger partial charge in [0.15, 0.2) is 0 Å². The molecule has 1 heterocycles. The number of hydrogen-bond donors (Lipinski definition) is 2. The summed E-state index contributed by atoms with van der Waals surface area (Å²) in [7, 11) is 1.57. The summed E-state index contributed by atoms with van der Waals surface area (Å²) in [5, 5.41) is 6.05. The van der Waals surface area contributed by atoms with Crippen LogP contribution in [0, 0.1) is 0 Å². The van der Waals surface area contributed by atoms with Gasteiger partial charge >= 0.3 is 0 Å². The van der Waals surface area contributed by atoms with Crippen molar-refractivity contribution in [3.05, 3.63) is 29.8 Å². The summed E-state index contributed by atoms with van der Waals surface area (Å²) in [5.41, 5.74) is 2.13. The molecule has 0 aromatic heterocycles. The van der Waals surface area contributed by atoms with Gasteiger partial charge in [0.1, 0.15) is 6.73 Å². The molecule has 0 aliphatic carbocycles. The molecule has 2 rings (SSSR count). The lowest BCUT2D eigenvalue weighted by Crippen LogP contribution is -2.34. The molecule has 2 N–H and O–H groups in total. The highest BCUT2D eigenvalue weighted by Gasteiger charge is 2.25. The molecule has 1 aliphatic rings. The first-order valence-corrected chi connectivity index (χ1v) is 5.42. The average molecular weight is 220 g/mol.